The average Bonchev–Trinajstić information content (AvgIpc) is 2.71. The van der Waals surface area contributed by atoms with Crippen molar-refractivity contribution in [2.75, 3.05) is 45.8 Å². The highest BCUT2D eigenvalue weighted by molar-refractivity contribution is 5.09. The van der Waals surface area contributed by atoms with Gasteiger partial charge in [-0.15, -0.1) is 13.2 Å². The third-order valence-corrected chi connectivity index (χ3v) is 6.79. The maximum absolute atomic E-state index is 7.04. The Kier molecular flexibility index (Phi) is 15.6. The van der Waals surface area contributed by atoms with Crippen LogP contribution >= 0.6 is 0 Å². The van der Waals surface area contributed by atoms with Crippen molar-refractivity contribution < 1.29 is 0 Å². The lowest BCUT2D eigenvalue weighted by Gasteiger charge is -2.52. The number of hydrogen-bond donors (Lipinski definition) is 3. The second-order valence-corrected chi connectivity index (χ2v) is 9.25. The molecule has 6 N–H and O–H groups in total. The summed E-state index contributed by atoms with van der Waals surface area (Å²) in [6.07, 6.45) is 6.40. The van der Waals surface area contributed by atoms with Gasteiger partial charge in [-0.3, -0.25) is 9.80 Å². The van der Waals surface area contributed by atoms with Crippen molar-refractivity contribution in [3.05, 3.63) is 25.3 Å². The molecule has 0 aliphatic carbocycles. The molecule has 6 heteroatoms. The SMILES string of the molecule is C=CCN(CC=C)C(CCN)(C(N)CCN(CC)CC)C(N)CCN(C(C)C)C(C)C. The summed E-state index contributed by atoms with van der Waals surface area (Å²) in [4.78, 5) is 7.29. The Morgan fingerprint density at radius 2 is 1.29 bits per heavy atom. The van der Waals surface area contributed by atoms with Gasteiger partial charge in [0.25, 0.3) is 0 Å². The molecular weight excluding hydrogens is 384 g/mol. The van der Waals surface area contributed by atoms with Crippen LogP contribution in [0.3, 0.4) is 0 Å². The van der Waals surface area contributed by atoms with Crippen LogP contribution in [0.25, 0.3) is 0 Å². The highest BCUT2D eigenvalue weighted by Crippen LogP contribution is 2.30. The first-order chi connectivity index (χ1) is 14.7. The number of rotatable bonds is 19. The van der Waals surface area contributed by atoms with Crippen LogP contribution in [0.4, 0.5) is 0 Å². The van der Waals surface area contributed by atoms with E-state index in [4.69, 9.17) is 17.2 Å². The standard InChI is InChI=1S/C25H54N6/c1-9-17-30(18-10-2)25(15-16-26,23(27)13-19-29(11-3)12-4)24(28)14-20-31(21(5)6)22(7)8/h9-10,21-24H,1-2,11-20,26-28H2,3-8H3. The summed E-state index contributed by atoms with van der Waals surface area (Å²) in [7, 11) is 0. The predicted octanol–water partition coefficient (Wildman–Crippen LogP) is 2.64. The number of hydrogen-bond acceptors (Lipinski definition) is 6. The van der Waals surface area contributed by atoms with E-state index in [1.54, 1.807) is 0 Å². The van der Waals surface area contributed by atoms with Crippen molar-refractivity contribution in [2.45, 2.75) is 90.5 Å². The summed E-state index contributed by atoms with van der Waals surface area (Å²) in [6, 6.07) is 0.774. The van der Waals surface area contributed by atoms with E-state index in [-0.39, 0.29) is 12.1 Å². The normalized spacial score (nSPS) is 16.3. The van der Waals surface area contributed by atoms with Crippen LogP contribution in [0.15, 0.2) is 25.3 Å². The van der Waals surface area contributed by atoms with Gasteiger partial charge in [-0.1, -0.05) is 26.0 Å². The molecule has 0 aromatic rings. The molecule has 0 saturated carbocycles. The summed E-state index contributed by atoms with van der Waals surface area (Å²) < 4.78 is 0. The molecule has 0 amide bonds. The zero-order valence-corrected chi connectivity index (χ0v) is 21.5. The molecule has 0 bridgehead atoms. The molecule has 0 heterocycles. The predicted molar refractivity (Wildman–Crippen MR) is 138 cm³/mol. The molecule has 0 fully saturated rings. The molecule has 0 aromatic heterocycles. The van der Waals surface area contributed by atoms with Crippen LogP contribution in [-0.4, -0.2) is 90.2 Å². The lowest BCUT2D eigenvalue weighted by atomic mass is 9.75. The van der Waals surface area contributed by atoms with E-state index in [1.165, 1.54) is 0 Å². The molecule has 0 rings (SSSR count). The molecule has 0 aliphatic heterocycles. The summed E-state index contributed by atoms with van der Waals surface area (Å²) >= 11 is 0. The monoisotopic (exact) mass is 438 g/mol. The summed E-state index contributed by atoms with van der Waals surface area (Å²) in [5, 5.41) is 0. The van der Waals surface area contributed by atoms with Crippen LogP contribution in [0.2, 0.25) is 0 Å². The summed E-state index contributed by atoms with van der Waals surface area (Å²) in [6.45, 7) is 27.3. The fraction of sp³-hybridized carbons (Fsp3) is 0.840. The molecule has 0 spiro atoms. The van der Waals surface area contributed by atoms with E-state index in [0.717, 1.165) is 58.5 Å². The maximum Gasteiger partial charge on any atom is 0.0530 e. The minimum absolute atomic E-state index is 0.0851. The minimum Gasteiger partial charge on any atom is -0.330 e. The molecule has 3 unspecified atom stereocenters. The fourth-order valence-corrected chi connectivity index (χ4v) is 4.99. The summed E-state index contributed by atoms with van der Waals surface area (Å²) in [5.41, 5.74) is 19.8. The van der Waals surface area contributed by atoms with Crippen molar-refractivity contribution in [1.29, 1.82) is 0 Å². The Morgan fingerprint density at radius 1 is 0.839 bits per heavy atom. The molecule has 0 radical (unpaired) electrons. The van der Waals surface area contributed by atoms with Gasteiger partial charge < -0.3 is 22.1 Å². The molecule has 0 aromatic carbocycles. The Hall–Kier alpha value is -0.760. The smallest absolute Gasteiger partial charge is 0.0530 e. The first-order valence-corrected chi connectivity index (χ1v) is 12.3. The van der Waals surface area contributed by atoms with E-state index in [2.05, 4.69) is 69.4 Å². The Labute approximate surface area is 193 Å². The van der Waals surface area contributed by atoms with Crippen molar-refractivity contribution >= 4 is 0 Å². The first-order valence-electron chi connectivity index (χ1n) is 12.3. The van der Waals surface area contributed by atoms with Crippen molar-refractivity contribution in [3.63, 3.8) is 0 Å². The third kappa shape index (κ3) is 8.95. The van der Waals surface area contributed by atoms with Gasteiger partial charge in [0.15, 0.2) is 0 Å². The zero-order chi connectivity index (χ0) is 24.0. The lowest BCUT2D eigenvalue weighted by Crippen LogP contribution is -2.70. The molecule has 3 atom stereocenters. The van der Waals surface area contributed by atoms with Crippen LogP contribution < -0.4 is 17.2 Å². The Morgan fingerprint density at radius 3 is 1.65 bits per heavy atom. The molecule has 0 aliphatic rings. The number of nitrogens with zero attached hydrogens (tertiary/aromatic N) is 3. The van der Waals surface area contributed by atoms with E-state index >= 15 is 0 Å². The van der Waals surface area contributed by atoms with Gasteiger partial charge in [0.05, 0.1) is 5.54 Å². The van der Waals surface area contributed by atoms with E-state index < -0.39 is 5.54 Å². The van der Waals surface area contributed by atoms with Crippen LogP contribution in [0, 0.1) is 0 Å². The van der Waals surface area contributed by atoms with Crippen molar-refractivity contribution in [3.8, 4) is 0 Å². The Bertz CT molecular complexity index is 459. The van der Waals surface area contributed by atoms with Crippen LogP contribution in [0.5, 0.6) is 0 Å². The first kappa shape index (κ1) is 30.2. The highest BCUT2D eigenvalue weighted by Gasteiger charge is 2.45. The van der Waals surface area contributed by atoms with Gasteiger partial charge in [-0.05, 0) is 73.1 Å². The lowest BCUT2D eigenvalue weighted by molar-refractivity contribution is 0.0355. The van der Waals surface area contributed by atoms with Crippen LogP contribution in [0.1, 0.15) is 60.8 Å². The molecular formula is C25H54N6. The maximum atomic E-state index is 7.04. The fourth-order valence-electron chi connectivity index (χ4n) is 4.99. The van der Waals surface area contributed by atoms with E-state index in [1.807, 2.05) is 12.2 Å². The van der Waals surface area contributed by atoms with Gasteiger partial charge in [0, 0.05) is 43.8 Å². The molecule has 6 nitrogen and oxygen atoms in total. The minimum atomic E-state index is -0.399. The number of nitrogens with two attached hydrogens (primary N) is 3. The topological polar surface area (TPSA) is 87.8 Å². The van der Waals surface area contributed by atoms with Crippen LogP contribution in [-0.2, 0) is 0 Å². The van der Waals surface area contributed by atoms with E-state index in [0.29, 0.717) is 18.6 Å². The quantitative estimate of drug-likeness (QED) is 0.269. The summed E-state index contributed by atoms with van der Waals surface area (Å²) in [5.74, 6) is 0. The van der Waals surface area contributed by atoms with Crippen molar-refractivity contribution in [1.82, 2.24) is 14.7 Å². The van der Waals surface area contributed by atoms with Crippen molar-refractivity contribution in [2.24, 2.45) is 17.2 Å². The van der Waals surface area contributed by atoms with Gasteiger partial charge in [0.2, 0.25) is 0 Å². The second kappa shape index (κ2) is 15.9. The Balaban J connectivity index is 5.96. The average molecular weight is 439 g/mol. The zero-order valence-electron chi connectivity index (χ0n) is 21.5. The van der Waals surface area contributed by atoms with Gasteiger partial charge >= 0.3 is 0 Å². The third-order valence-electron chi connectivity index (χ3n) is 6.79. The molecule has 184 valence electrons. The van der Waals surface area contributed by atoms with Gasteiger partial charge in [0.1, 0.15) is 0 Å². The van der Waals surface area contributed by atoms with Gasteiger partial charge in [-0.2, -0.15) is 0 Å². The molecule has 0 saturated heterocycles. The second-order valence-electron chi connectivity index (χ2n) is 9.25. The van der Waals surface area contributed by atoms with E-state index in [9.17, 15) is 0 Å². The molecule has 31 heavy (non-hydrogen) atoms. The highest BCUT2D eigenvalue weighted by atomic mass is 15.2. The largest absolute Gasteiger partial charge is 0.330 e. The van der Waals surface area contributed by atoms with Gasteiger partial charge in [-0.25, -0.2) is 0 Å².